The van der Waals surface area contributed by atoms with Crippen molar-refractivity contribution in [3.63, 3.8) is 0 Å². The van der Waals surface area contributed by atoms with Gasteiger partial charge in [-0.05, 0) is 32.8 Å². The van der Waals surface area contributed by atoms with E-state index in [0.717, 1.165) is 32.0 Å². The van der Waals surface area contributed by atoms with Crippen LogP contribution in [0.2, 0.25) is 0 Å². The first kappa shape index (κ1) is 24.5. The molecule has 1 amide bonds. The molecule has 28 heavy (non-hydrogen) atoms. The number of likely N-dealkylation sites (tertiary alicyclic amines) is 1. The first-order valence-corrected chi connectivity index (χ1v) is 9.61. The summed E-state index contributed by atoms with van der Waals surface area (Å²) in [6, 6.07) is 10.6. The van der Waals surface area contributed by atoms with Gasteiger partial charge < -0.3 is 20.3 Å². The molecule has 1 aromatic rings. The third-order valence-corrected chi connectivity index (χ3v) is 4.66. The monoisotopic (exact) mass is 502 g/mol. The Bertz CT molecular complexity index is 656. The van der Waals surface area contributed by atoms with E-state index in [4.69, 9.17) is 4.74 Å². The van der Waals surface area contributed by atoms with Gasteiger partial charge in [0.25, 0.3) is 0 Å². The summed E-state index contributed by atoms with van der Waals surface area (Å²) in [6.45, 7) is 12.4. The summed E-state index contributed by atoms with van der Waals surface area (Å²) in [7, 11) is 1.80. The maximum Gasteiger partial charge on any atom is 0.407 e. The molecule has 1 saturated heterocycles. The maximum absolute atomic E-state index is 12.0. The van der Waals surface area contributed by atoms with Crippen molar-refractivity contribution in [3.05, 3.63) is 35.9 Å². The summed E-state index contributed by atoms with van der Waals surface area (Å²) >= 11 is 0. The van der Waals surface area contributed by atoms with Crippen molar-refractivity contribution in [3.8, 4) is 0 Å². The van der Waals surface area contributed by atoms with Gasteiger partial charge in [0.2, 0.25) is 0 Å². The van der Waals surface area contributed by atoms with Crippen molar-refractivity contribution in [1.82, 2.24) is 15.5 Å². The molecule has 1 heterocycles. The lowest BCUT2D eigenvalue weighted by molar-refractivity contribution is 0.0507. The number of nitrogens with one attached hydrogen (secondary N) is 2. The Morgan fingerprint density at radius 2 is 1.86 bits per heavy atom. The fraction of sp³-hybridized carbons (Fsp3) is 0.619. The predicted octanol–water partition coefficient (Wildman–Crippen LogP) is 3.76. The minimum atomic E-state index is -0.483. The van der Waals surface area contributed by atoms with Gasteiger partial charge in [-0.1, -0.05) is 44.2 Å². The molecule has 0 bridgehead atoms. The van der Waals surface area contributed by atoms with Crippen LogP contribution in [0.15, 0.2) is 35.3 Å². The van der Waals surface area contributed by atoms with E-state index in [1.807, 2.05) is 26.8 Å². The van der Waals surface area contributed by atoms with Crippen LogP contribution in [0.4, 0.5) is 4.79 Å². The highest BCUT2D eigenvalue weighted by molar-refractivity contribution is 14.0. The number of hydrogen-bond acceptors (Lipinski definition) is 3. The van der Waals surface area contributed by atoms with Gasteiger partial charge in [-0.25, -0.2) is 4.79 Å². The van der Waals surface area contributed by atoms with Crippen molar-refractivity contribution in [1.29, 1.82) is 0 Å². The van der Waals surface area contributed by atoms with Gasteiger partial charge in [0.05, 0.1) is 6.04 Å². The van der Waals surface area contributed by atoms with Gasteiger partial charge in [0, 0.05) is 32.1 Å². The van der Waals surface area contributed by atoms with E-state index >= 15 is 0 Å². The molecule has 2 rings (SSSR count). The highest BCUT2D eigenvalue weighted by Gasteiger charge is 2.29. The standard InChI is InChI=1S/C21H34N4O2.HI/c1-20(2,3)27-19(26)24-17-12-13-25(14-17)18(22-6)23-15-21(4,5)16-10-8-7-9-11-16;/h7-11,17H,12-15H2,1-6H3,(H,22,23)(H,24,26);1H. The van der Waals surface area contributed by atoms with Gasteiger partial charge in [0.15, 0.2) is 5.96 Å². The first-order chi connectivity index (χ1) is 12.6. The molecule has 7 heteroatoms. The molecule has 1 unspecified atom stereocenters. The Morgan fingerprint density at radius 1 is 1.21 bits per heavy atom. The number of carbonyl (C=O) groups is 1. The van der Waals surface area contributed by atoms with Crippen molar-refractivity contribution in [2.75, 3.05) is 26.7 Å². The minimum Gasteiger partial charge on any atom is -0.444 e. The Morgan fingerprint density at radius 3 is 2.43 bits per heavy atom. The van der Waals surface area contributed by atoms with Crippen molar-refractivity contribution >= 4 is 36.0 Å². The molecule has 1 fully saturated rings. The van der Waals surface area contributed by atoms with Crippen LogP contribution in [-0.2, 0) is 10.2 Å². The largest absolute Gasteiger partial charge is 0.444 e. The summed E-state index contributed by atoms with van der Waals surface area (Å²) < 4.78 is 5.35. The van der Waals surface area contributed by atoms with E-state index in [-0.39, 0.29) is 41.5 Å². The number of alkyl carbamates (subject to hydrolysis) is 1. The number of nitrogens with zero attached hydrogens (tertiary/aromatic N) is 2. The normalized spacial score (nSPS) is 17.7. The number of carbonyl (C=O) groups excluding carboxylic acids is 1. The minimum absolute atomic E-state index is 0. The zero-order valence-corrected chi connectivity index (χ0v) is 20.2. The highest BCUT2D eigenvalue weighted by Crippen LogP contribution is 2.22. The summed E-state index contributed by atoms with van der Waals surface area (Å²) in [5.41, 5.74) is 0.799. The number of guanidine groups is 1. The molecule has 0 spiro atoms. The smallest absolute Gasteiger partial charge is 0.407 e. The molecule has 1 aliphatic heterocycles. The van der Waals surface area contributed by atoms with E-state index in [0.29, 0.717) is 0 Å². The van der Waals surface area contributed by atoms with E-state index in [9.17, 15) is 4.79 Å². The van der Waals surface area contributed by atoms with Crippen molar-refractivity contribution in [2.24, 2.45) is 4.99 Å². The lowest BCUT2D eigenvalue weighted by Gasteiger charge is -2.29. The molecular formula is C21H35IN4O2. The van der Waals surface area contributed by atoms with Crippen LogP contribution in [0.25, 0.3) is 0 Å². The fourth-order valence-corrected chi connectivity index (χ4v) is 3.17. The highest BCUT2D eigenvalue weighted by atomic mass is 127. The molecule has 158 valence electrons. The number of ether oxygens (including phenoxy) is 1. The van der Waals surface area contributed by atoms with Gasteiger partial charge in [-0.3, -0.25) is 4.99 Å². The molecule has 1 aromatic carbocycles. The molecule has 0 aliphatic carbocycles. The second kappa shape index (κ2) is 10.3. The van der Waals surface area contributed by atoms with Crippen molar-refractivity contribution < 1.29 is 9.53 Å². The van der Waals surface area contributed by atoms with Crippen LogP contribution in [0.3, 0.4) is 0 Å². The van der Waals surface area contributed by atoms with Gasteiger partial charge >= 0.3 is 6.09 Å². The molecular weight excluding hydrogens is 467 g/mol. The summed E-state index contributed by atoms with van der Waals surface area (Å²) in [4.78, 5) is 18.6. The Labute approximate surface area is 186 Å². The molecule has 1 atom stereocenters. The van der Waals surface area contributed by atoms with Gasteiger partial charge in [0.1, 0.15) is 5.60 Å². The van der Waals surface area contributed by atoms with Crippen LogP contribution in [0.5, 0.6) is 0 Å². The summed E-state index contributed by atoms with van der Waals surface area (Å²) in [5, 5.41) is 6.45. The third-order valence-electron chi connectivity index (χ3n) is 4.66. The third kappa shape index (κ3) is 7.48. The Balaban J connectivity index is 0.00000392. The molecule has 0 radical (unpaired) electrons. The quantitative estimate of drug-likeness (QED) is 0.374. The predicted molar refractivity (Wildman–Crippen MR) is 126 cm³/mol. The average Bonchev–Trinajstić information content (AvgIpc) is 3.02. The SMILES string of the molecule is CN=C(NCC(C)(C)c1ccccc1)N1CCC(NC(=O)OC(C)(C)C)C1.I. The molecule has 0 aromatic heterocycles. The lowest BCUT2D eigenvalue weighted by Crippen LogP contribution is -2.46. The van der Waals surface area contributed by atoms with E-state index in [1.165, 1.54) is 5.56 Å². The van der Waals surface area contributed by atoms with E-state index in [2.05, 4.69) is 58.6 Å². The van der Waals surface area contributed by atoms with Gasteiger partial charge in [-0.2, -0.15) is 0 Å². The number of rotatable bonds is 4. The number of benzene rings is 1. The van der Waals surface area contributed by atoms with Crippen LogP contribution >= 0.6 is 24.0 Å². The first-order valence-electron chi connectivity index (χ1n) is 9.61. The number of halogens is 1. The number of hydrogen-bond donors (Lipinski definition) is 2. The van der Waals surface area contributed by atoms with Crippen LogP contribution in [-0.4, -0.2) is 55.3 Å². The molecule has 6 nitrogen and oxygen atoms in total. The summed E-state index contributed by atoms with van der Waals surface area (Å²) in [6.07, 6.45) is 0.518. The second-order valence-corrected chi connectivity index (χ2v) is 8.73. The number of amides is 1. The Kier molecular flexibility index (Phi) is 9.04. The fourth-order valence-electron chi connectivity index (χ4n) is 3.17. The van der Waals surface area contributed by atoms with Crippen LogP contribution in [0.1, 0.15) is 46.6 Å². The molecule has 0 saturated carbocycles. The van der Waals surface area contributed by atoms with Crippen molar-refractivity contribution in [2.45, 2.75) is 58.1 Å². The van der Waals surface area contributed by atoms with E-state index in [1.54, 1.807) is 7.05 Å². The van der Waals surface area contributed by atoms with Crippen LogP contribution in [0, 0.1) is 0 Å². The van der Waals surface area contributed by atoms with Gasteiger partial charge in [-0.15, -0.1) is 24.0 Å². The molecule has 2 N–H and O–H groups in total. The number of aliphatic imine (C=N–C) groups is 1. The zero-order valence-electron chi connectivity index (χ0n) is 17.9. The second-order valence-electron chi connectivity index (χ2n) is 8.73. The Hall–Kier alpha value is -1.51. The van der Waals surface area contributed by atoms with E-state index < -0.39 is 5.60 Å². The molecule has 1 aliphatic rings. The van der Waals surface area contributed by atoms with Crippen LogP contribution < -0.4 is 10.6 Å². The zero-order chi connectivity index (χ0) is 20.1. The average molecular weight is 502 g/mol. The maximum atomic E-state index is 12.0. The lowest BCUT2D eigenvalue weighted by atomic mass is 9.85. The topological polar surface area (TPSA) is 66.0 Å². The summed E-state index contributed by atoms with van der Waals surface area (Å²) in [5.74, 6) is 0.868.